The smallest absolute Gasteiger partial charge is 0.253 e. The third-order valence-corrected chi connectivity index (χ3v) is 2.55. The first-order valence-electron chi connectivity index (χ1n) is 5.34. The zero-order chi connectivity index (χ0) is 13.0. The van der Waals surface area contributed by atoms with Crippen molar-refractivity contribution in [1.29, 1.82) is 0 Å². The lowest BCUT2D eigenvalue weighted by Gasteiger charge is -2.06. The van der Waals surface area contributed by atoms with E-state index in [1.54, 1.807) is 12.4 Å². The van der Waals surface area contributed by atoms with Gasteiger partial charge in [-0.3, -0.25) is 4.79 Å². The summed E-state index contributed by atoms with van der Waals surface area (Å²) in [6, 6.07) is 1.44. The van der Waals surface area contributed by atoms with Crippen LogP contribution in [0.2, 0.25) is 5.15 Å². The molecule has 2 rings (SSSR count). The van der Waals surface area contributed by atoms with Gasteiger partial charge >= 0.3 is 0 Å². The van der Waals surface area contributed by atoms with E-state index < -0.39 is 0 Å². The van der Waals surface area contributed by atoms with E-state index in [-0.39, 0.29) is 11.1 Å². The SMILES string of the molecule is Nc1cnc(Cl)cc1C(=O)NCCc1ncc[nH]1. The molecule has 0 radical (unpaired) electrons. The first kappa shape index (κ1) is 12.4. The number of nitrogens with zero attached hydrogens (tertiary/aromatic N) is 2. The minimum absolute atomic E-state index is 0.236. The van der Waals surface area contributed by atoms with Gasteiger partial charge in [-0.1, -0.05) is 11.6 Å². The van der Waals surface area contributed by atoms with Crippen LogP contribution in [0.15, 0.2) is 24.7 Å². The maximum Gasteiger partial charge on any atom is 0.253 e. The molecule has 0 aliphatic rings. The first-order chi connectivity index (χ1) is 8.66. The lowest BCUT2D eigenvalue weighted by atomic mass is 10.2. The number of halogens is 1. The molecule has 2 aromatic rings. The molecule has 2 heterocycles. The van der Waals surface area contributed by atoms with E-state index in [1.165, 1.54) is 12.3 Å². The summed E-state index contributed by atoms with van der Waals surface area (Å²) in [6.07, 6.45) is 5.39. The van der Waals surface area contributed by atoms with Crippen LogP contribution in [-0.4, -0.2) is 27.4 Å². The molecule has 0 unspecified atom stereocenters. The monoisotopic (exact) mass is 265 g/mol. The first-order valence-corrected chi connectivity index (χ1v) is 5.72. The number of hydrogen-bond acceptors (Lipinski definition) is 4. The summed E-state index contributed by atoms with van der Waals surface area (Å²) in [5.74, 6) is 0.541. The molecule has 0 aromatic carbocycles. The van der Waals surface area contributed by atoms with Gasteiger partial charge in [-0.25, -0.2) is 9.97 Å². The van der Waals surface area contributed by atoms with Crippen molar-refractivity contribution >= 4 is 23.2 Å². The molecule has 1 amide bonds. The number of carbonyl (C=O) groups excluding carboxylic acids is 1. The quantitative estimate of drug-likeness (QED) is 0.719. The summed E-state index contributed by atoms with van der Waals surface area (Å²) in [5, 5.41) is 2.98. The molecule has 0 aliphatic carbocycles. The predicted octanol–water partition coefficient (Wildman–Crippen LogP) is 1.01. The fraction of sp³-hybridized carbons (Fsp3) is 0.182. The van der Waals surface area contributed by atoms with Gasteiger partial charge in [0.25, 0.3) is 5.91 Å². The average Bonchev–Trinajstić information content (AvgIpc) is 2.85. The van der Waals surface area contributed by atoms with Crippen molar-refractivity contribution in [2.24, 2.45) is 0 Å². The molecule has 0 bridgehead atoms. The Labute approximate surface area is 109 Å². The lowest BCUT2D eigenvalue weighted by molar-refractivity contribution is 0.0955. The number of nitrogen functional groups attached to an aromatic ring is 1. The third-order valence-electron chi connectivity index (χ3n) is 2.35. The van der Waals surface area contributed by atoms with Crippen LogP contribution in [0.5, 0.6) is 0 Å². The van der Waals surface area contributed by atoms with Crippen molar-refractivity contribution in [3.05, 3.63) is 41.2 Å². The van der Waals surface area contributed by atoms with Crippen molar-refractivity contribution in [3.63, 3.8) is 0 Å². The van der Waals surface area contributed by atoms with E-state index in [0.29, 0.717) is 24.2 Å². The van der Waals surface area contributed by atoms with Crippen molar-refractivity contribution in [2.45, 2.75) is 6.42 Å². The molecule has 0 spiro atoms. The van der Waals surface area contributed by atoms with E-state index in [4.69, 9.17) is 17.3 Å². The average molecular weight is 266 g/mol. The van der Waals surface area contributed by atoms with Crippen LogP contribution in [0.4, 0.5) is 5.69 Å². The molecule has 6 nitrogen and oxygen atoms in total. The van der Waals surface area contributed by atoms with Crippen LogP contribution in [-0.2, 0) is 6.42 Å². The van der Waals surface area contributed by atoms with Gasteiger partial charge in [0.15, 0.2) is 0 Å². The van der Waals surface area contributed by atoms with Crippen LogP contribution in [0.1, 0.15) is 16.2 Å². The van der Waals surface area contributed by atoms with Crippen LogP contribution < -0.4 is 11.1 Å². The molecule has 0 saturated carbocycles. The van der Waals surface area contributed by atoms with Crippen LogP contribution in [0, 0.1) is 0 Å². The van der Waals surface area contributed by atoms with Gasteiger partial charge in [0.05, 0.1) is 17.4 Å². The van der Waals surface area contributed by atoms with E-state index >= 15 is 0 Å². The molecular weight excluding hydrogens is 254 g/mol. The normalized spacial score (nSPS) is 10.3. The lowest BCUT2D eigenvalue weighted by Crippen LogP contribution is -2.26. The van der Waals surface area contributed by atoms with Gasteiger partial charge in [-0.2, -0.15) is 0 Å². The Hall–Kier alpha value is -2.08. The predicted molar refractivity (Wildman–Crippen MR) is 68.3 cm³/mol. The molecule has 0 saturated heterocycles. The highest BCUT2D eigenvalue weighted by molar-refractivity contribution is 6.29. The second-order valence-corrected chi connectivity index (χ2v) is 4.02. The second kappa shape index (κ2) is 5.50. The highest BCUT2D eigenvalue weighted by atomic mass is 35.5. The number of hydrogen-bond donors (Lipinski definition) is 3. The van der Waals surface area contributed by atoms with Crippen LogP contribution >= 0.6 is 11.6 Å². The topological polar surface area (TPSA) is 96.7 Å². The Morgan fingerprint density at radius 1 is 1.50 bits per heavy atom. The van der Waals surface area contributed by atoms with E-state index in [2.05, 4.69) is 20.3 Å². The van der Waals surface area contributed by atoms with Gasteiger partial charge in [0.2, 0.25) is 0 Å². The Kier molecular flexibility index (Phi) is 3.78. The number of amides is 1. The summed E-state index contributed by atoms with van der Waals surface area (Å²) < 4.78 is 0. The van der Waals surface area contributed by atoms with Gasteiger partial charge < -0.3 is 16.0 Å². The number of anilines is 1. The maximum atomic E-state index is 11.8. The van der Waals surface area contributed by atoms with Crippen molar-refractivity contribution in [1.82, 2.24) is 20.3 Å². The maximum absolute atomic E-state index is 11.8. The Morgan fingerprint density at radius 2 is 2.33 bits per heavy atom. The Bertz CT molecular complexity index is 540. The Balaban J connectivity index is 1.93. The summed E-state index contributed by atoms with van der Waals surface area (Å²) in [7, 11) is 0. The minimum atomic E-state index is -0.275. The van der Waals surface area contributed by atoms with Crippen molar-refractivity contribution in [3.8, 4) is 0 Å². The number of aromatic nitrogens is 3. The number of H-pyrrole nitrogens is 1. The number of imidazole rings is 1. The molecule has 0 aliphatic heterocycles. The number of aromatic amines is 1. The van der Waals surface area contributed by atoms with Crippen molar-refractivity contribution in [2.75, 3.05) is 12.3 Å². The largest absolute Gasteiger partial charge is 0.397 e. The van der Waals surface area contributed by atoms with Gasteiger partial charge in [0.1, 0.15) is 11.0 Å². The summed E-state index contributed by atoms with van der Waals surface area (Å²) in [4.78, 5) is 22.6. The number of carbonyl (C=O) groups is 1. The number of rotatable bonds is 4. The molecule has 7 heteroatoms. The summed E-state index contributed by atoms with van der Waals surface area (Å²) in [5.41, 5.74) is 6.29. The van der Waals surface area contributed by atoms with Gasteiger partial charge in [-0.15, -0.1) is 0 Å². The van der Waals surface area contributed by atoms with Crippen LogP contribution in [0.3, 0.4) is 0 Å². The number of pyridine rings is 1. The molecule has 18 heavy (non-hydrogen) atoms. The van der Waals surface area contributed by atoms with Crippen LogP contribution in [0.25, 0.3) is 0 Å². The van der Waals surface area contributed by atoms with E-state index in [0.717, 1.165) is 5.82 Å². The van der Waals surface area contributed by atoms with Crippen molar-refractivity contribution < 1.29 is 4.79 Å². The van der Waals surface area contributed by atoms with Gasteiger partial charge in [-0.05, 0) is 6.07 Å². The molecule has 0 atom stereocenters. The van der Waals surface area contributed by atoms with Gasteiger partial charge in [0, 0.05) is 25.4 Å². The second-order valence-electron chi connectivity index (χ2n) is 3.64. The number of nitrogens with two attached hydrogens (primary N) is 1. The highest BCUT2D eigenvalue weighted by Crippen LogP contribution is 2.14. The molecular formula is C11H12ClN5O. The zero-order valence-electron chi connectivity index (χ0n) is 9.48. The minimum Gasteiger partial charge on any atom is -0.397 e. The standard InChI is InChI=1S/C11H12ClN5O/c12-9-5-7(8(13)6-17-9)11(18)16-2-1-10-14-3-4-15-10/h3-6H,1-2,13H2,(H,14,15)(H,16,18). The zero-order valence-corrected chi connectivity index (χ0v) is 10.2. The molecule has 2 aromatic heterocycles. The molecule has 94 valence electrons. The fourth-order valence-corrected chi connectivity index (χ4v) is 1.62. The fourth-order valence-electron chi connectivity index (χ4n) is 1.46. The molecule has 4 N–H and O–H groups in total. The summed E-state index contributed by atoms with van der Waals surface area (Å²) in [6.45, 7) is 0.464. The Morgan fingerprint density at radius 3 is 3.06 bits per heavy atom. The van der Waals surface area contributed by atoms with E-state index in [9.17, 15) is 4.79 Å². The highest BCUT2D eigenvalue weighted by Gasteiger charge is 2.10. The summed E-state index contributed by atoms with van der Waals surface area (Å²) >= 11 is 5.71. The van der Waals surface area contributed by atoms with E-state index in [1.807, 2.05) is 0 Å². The molecule has 0 fully saturated rings. The third kappa shape index (κ3) is 2.98. The number of nitrogens with one attached hydrogen (secondary N) is 2.